The molecule has 1 heterocycles. The minimum atomic E-state index is -0.170. The van der Waals surface area contributed by atoms with Crippen molar-refractivity contribution in [1.29, 1.82) is 0 Å². The Kier molecular flexibility index (Phi) is 8.60. The summed E-state index contributed by atoms with van der Waals surface area (Å²) in [6.07, 6.45) is 3.67. The van der Waals surface area contributed by atoms with Crippen LogP contribution in [0.5, 0.6) is 0 Å². The van der Waals surface area contributed by atoms with Gasteiger partial charge in [-0.1, -0.05) is 76.8 Å². The highest BCUT2D eigenvalue weighted by molar-refractivity contribution is 8.03. The largest absolute Gasteiger partial charge is 0.272 e. The lowest BCUT2D eigenvalue weighted by atomic mass is 10.2. The molecule has 0 unspecified atom stereocenters. The number of amides is 1. The lowest BCUT2D eigenvalue weighted by molar-refractivity contribution is -0.118. The van der Waals surface area contributed by atoms with E-state index < -0.39 is 0 Å². The third-order valence-electron chi connectivity index (χ3n) is 3.72. The maximum absolute atomic E-state index is 12.0. The van der Waals surface area contributed by atoms with E-state index >= 15 is 0 Å². The number of thioether (sulfide) groups is 3. The third kappa shape index (κ3) is 7.50. The Morgan fingerprint density at radius 2 is 1.76 bits per heavy atom. The lowest BCUT2D eigenvalue weighted by Gasteiger charge is -1.99. The Morgan fingerprint density at radius 3 is 2.45 bits per heavy atom. The van der Waals surface area contributed by atoms with Gasteiger partial charge in [-0.25, -0.2) is 5.43 Å². The van der Waals surface area contributed by atoms with Gasteiger partial charge in [0.25, 0.3) is 5.91 Å². The Morgan fingerprint density at radius 1 is 1.07 bits per heavy atom. The number of benzene rings is 2. The quantitative estimate of drug-likeness (QED) is 0.272. The summed E-state index contributed by atoms with van der Waals surface area (Å²) in [6.45, 7) is 2.08. The summed E-state index contributed by atoms with van der Waals surface area (Å²) >= 11 is 6.21. The van der Waals surface area contributed by atoms with E-state index in [-0.39, 0.29) is 11.7 Å². The van der Waals surface area contributed by atoms with Crippen LogP contribution in [-0.2, 0) is 10.5 Å². The maximum Gasteiger partial charge on any atom is 0.250 e. The van der Waals surface area contributed by atoms with Crippen molar-refractivity contribution in [3.8, 4) is 0 Å². The monoisotopic (exact) mass is 460 g/mol. The zero-order valence-corrected chi connectivity index (χ0v) is 19.3. The molecule has 1 aromatic heterocycles. The predicted octanol–water partition coefficient (Wildman–Crippen LogP) is 5.10. The van der Waals surface area contributed by atoms with Crippen molar-refractivity contribution in [2.24, 2.45) is 5.10 Å². The molecule has 0 aliphatic rings. The molecule has 1 amide bonds. The first-order valence-electron chi connectivity index (χ1n) is 8.73. The minimum absolute atomic E-state index is 0.170. The first-order chi connectivity index (χ1) is 14.1. The second-order valence-corrected chi connectivity index (χ2v) is 10.3. The van der Waals surface area contributed by atoms with E-state index in [9.17, 15) is 4.79 Å². The van der Waals surface area contributed by atoms with E-state index in [0.29, 0.717) is 0 Å². The van der Waals surface area contributed by atoms with Crippen molar-refractivity contribution in [3.05, 3.63) is 65.2 Å². The summed E-state index contributed by atoms with van der Waals surface area (Å²) in [5.74, 6) is 0.934. The van der Waals surface area contributed by atoms with Gasteiger partial charge in [-0.2, -0.15) is 5.10 Å². The first kappa shape index (κ1) is 21.9. The fraction of sp³-hybridized carbons (Fsp3) is 0.200. The van der Waals surface area contributed by atoms with Gasteiger partial charge in [-0.15, -0.1) is 22.0 Å². The molecule has 0 saturated heterocycles. The van der Waals surface area contributed by atoms with Crippen LogP contribution < -0.4 is 5.43 Å². The van der Waals surface area contributed by atoms with Crippen molar-refractivity contribution in [1.82, 2.24) is 15.6 Å². The fourth-order valence-corrected chi connectivity index (χ4v) is 5.35. The summed E-state index contributed by atoms with van der Waals surface area (Å²) in [5.41, 5.74) is 5.99. The molecule has 150 valence electrons. The van der Waals surface area contributed by atoms with Crippen LogP contribution in [0.4, 0.5) is 0 Å². The smallest absolute Gasteiger partial charge is 0.250 e. The van der Waals surface area contributed by atoms with Crippen LogP contribution in [0.25, 0.3) is 0 Å². The highest BCUT2D eigenvalue weighted by atomic mass is 32.2. The molecule has 2 aromatic carbocycles. The number of hydrazone groups is 1. The number of hydrogen-bond donors (Lipinski definition) is 1. The van der Waals surface area contributed by atoms with Crippen LogP contribution in [0.1, 0.15) is 16.7 Å². The molecule has 9 heteroatoms. The summed E-state index contributed by atoms with van der Waals surface area (Å²) in [5, 5.41) is 12.3. The molecule has 5 nitrogen and oxygen atoms in total. The number of carbonyl (C=O) groups excluding carboxylic acids is 1. The van der Waals surface area contributed by atoms with E-state index in [1.165, 1.54) is 39.1 Å². The summed E-state index contributed by atoms with van der Waals surface area (Å²) in [6, 6.07) is 16.4. The molecular weight excluding hydrogens is 441 g/mol. The van der Waals surface area contributed by atoms with Gasteiger partial charge >= 0.3 is 0 Å². The van der Waals surface area contributed by atoms with Gasteiger partial charge in [-0.05, 0) is 36.4 Å². The summed E-state index contributed by atoms with van der Waals surface area (Å²) in [7, 11) is 0. The van der Waals surface area contributed by atoms with Gasteiger partial charge in [0.1, 0.15) is 0 Å². The van der Waals surface area contributed by atoms with Gasteiger partial charge in [0.15, 0.2) is 8.68 Å². The van der Waals surface area contributed by atoms with E-state index in [1.807, 2.05) is 30.5 Å². The van der Waals surface area contributed by atoms with E-state index in [2.05, 4.69) is 51.9 Å². The molecule has 0 atom stereocenters. The Balaban J connectivity index is 1.39. The number of aryl methyl sites for hydroxylation is 1. The molecule has 0 spiro atoms. The molecule has 0 saturated carbocycles. The molecule has 3 aromatic rings. The average Bonchev–Trinajstić information content (AvgIpc) is 3.20. The van der Waals surface area contributed by atoms with E-state index in [0.717, 1.165) is 20.0 Å². The highest BCUT2D eigenvalue weighted by Gasteiger charge is 2.08. The van der Waals surface area contributed by atoms with Crippen LogP contribution in [0.3, 0.4) is 0 Å². The van der Waals surface area contributed by atoms with Crippen molar-refractivity contribution in [2.45, 2.75) is 26.3 Å². The molecule has 0 aliphatic carbocycles. The number of hydrogen-bond acceptors (Lipinski definition) is 8. The molecular formula is C20H20N4OS4. The summed E-state index contributed by atoms with van der Waals surface area (Å²) < 4.78 is 1.68. The third-order valence-corrected chi connectivity index (χ3v) is 7.72. The van der Waals surface area contributed by atoms with Crippen LogP contribution in [0, 0.1) is 6.92 Å². The Hall–Kier alpha value is -1.81. The SMILES string of the molecule is CSc1ccc(C=NNC(=O)CSc2nnc(SCc3ccc(C)cc3)s2)cc1. The highest BCUT2D eigenvalue weighted by Crippen LogP contribution is 2.30. The van der Waals surface area contributed by atoms with Crippen LogP contribution in [0.2, 0.25) is 0 Å². The number of nitrogens with one attached hydrogen (secondary N) is 1. The number of nitrogens with zero attached hydrogens (tertiary/aromatic N) is 3. The Labute approximate surface area is 187 Å². The second kappa shape index (κ2) is 11.4. The molecule has 3 rings (SSSR count). The number of aromatic nitrogens is 2. The van der Waals surface area contributed by atoms with Crippen LogP contribution in [0.15, 0.2) is 67.2 Å². The molecule has 1 N–H and O–H groups in total. The van der Waals surface area contributed by atoms with Crippen molar-refractivity contribution < 1.29 is 4.79 Å². The van der Waals surface area contributed by atoms with Crippen molar-refractivity contribution in [2.75, 3.05) is 12.0 Å². The van der Waals surface area contributed by atoms with E-state index in [4.69, 9.17) is 0 Å². The molecule has 0 bridgehead atoms. The molecule has 0 fully saturated rings. The lowest BCUT2D eigenvalue weighted by Crippen LogP contribution is -2.19. The standard InChI is InChI=1S/C20H20N4OS4/c1-14-3-5-16(6-4-14)12-27-19-23-24-20(29-19)28-13-18(25)22-21-11-15-7-9-17(26-2)10-8-15/h3-11H,12-13H2,1-2H3,(H,22,25). The van der Waals surface area contributed by atoms with E-state index in [1.54, 1.807) is 29.7 Å². The molecule has 0 aliphatic heterocycles. The average molecular weight is 461 g/mol. The fourth-order valence-electron chi connectivity index (χ4n) is 2.17. The topological polar surface area (TPSA) is 67.2 Å². The predicted molar refractivity (Wildman–Crippen MR) is 125 cm³/mol. The first-order valence-corrected chi connectivity index (χ1v) is 12.7. The number of carbonyl (C=O) groups is 1. The minimum Gasteiger partial charge on any atom is -0.272 e. The zero-order valence-electron chi connectivity index (χ0n) is 16.0. The van der Waals surface area contributed by atoms with Crippen LogP contribution >= 0.6 is 46.6 Å². The van der Waals surface area contributed by atoms with Gasteiger partial charge in [0.05, 0.1) is 12.0 Å². The van der Waals surface area contributed by atoms with Gasteiger partial charge in [-0.3, -0.25) is 4.79 Å². The molecule has 29 heavy (non-hydrogen) atoms. The van der Waals surface area contributed by atoms with Crippen LogP contribution in [-0.4, -0.2) is 34.3 Å². The van der Waals surface area contributed by atoms with Crippen molar-refractivity contribution >= 4 is 58.7 Å². The van der Waals surface area contributed by atoms with Gasteiger partial charge in [0, 0.05) is 10.6 Å². The molecule has 0 radical (unpaired) electrons. The van der Waals surface area contributed by atoms with Crippen molar-refractivity contribution in [3.63, 3.8) is 0 Å². The summed E-state index contributed by atoms with van der Waals surface area (Å²) in [4.78, 5) is 13.1. The zero-order chi connectivity index (χ0) is 20.5. The normalized spacial score (nSPS) is 11.1. The van der Waals surface area contributed by atoms with Gasteiger partial charge in [0.2, 0.25) is 0 Å². The second-order valence-electron chi connectivity index (χ2n) is 5.96. The Bertz CT molecular complexity index is 955. The van der Waals surface area contributed by atoms with Gasteiger partial charge < -0.3 is 0 Å². The maximum atomic E-state index is 12.0. The number of rotatable bonds is 9.